The summed E-state index contributed by atoms with van der Waals surface area (Å²) in [6, 6.07) is 4.87. The van der Waals surface area contributed by atoms with E-state index in [4.69, 9.17) is 5.73 Å². The van der Waals surface area contributed by atoms with Gasteiger partial charge in [-0.15, -0.1) is 0 Å². The molecule has 1 amide bonds. The highest BCUT2D eigenvalue weighted by molar-refractivity contribution is 7.89. The summed E-state index contributed by atoms with van der Waals surface area (Å²) in [4.78, 5) is 22.3. The maximum atomic E-state index is 12.0. The van der Waals surface area contributed by atoms with Crippen LogP contribution in [0.5, 0.6) is 0 Å². The number of hydrogen-bond donors (Lipinski definition) is 3. The quantitative estimate of drug-likeness (QED) is 0.603. The van der Waals surface area contributed by atoms with E-state index in [9.17, 15) is 18.0 Å². The summed E-state index contributed by atoms with van der Waals surface area (Å²) < 4.78 is 30.4. The summed E-state index contributed by atoms with van der Waals surface area (Å²) in [5, 5.41) is 2.48. The first-order valence-corrected chi connectivity index (χ1v) is 7.47. The Balaban J connectivity index is 2.88. The molecule has 1 atom stereocenters. The molecule has 0 saturated carbocycles. The van der Waals surface area contributed by atoms with Crippen LogP contribution in [0.4, 0.5) is 5.69 Å². The largest absolute Gasteiger partial charge is 0.468 e. The number of carbonyl (C=O) groups excluding carboxylic acids is 2. The summed E-state index contributed by atoms with van der Waals surface area (Å²) in [7, 11) is -2.72. The van der Waals surface area contributed by atoms with Crippen LogP contribution in [-0.2, 0) is 24.3 Å². The molecule has 0 aromatic heterocycles. The van der Waals surface area contributed by atoms with Gasteiger partial charge in [0.2, 0.25) is 15.9 Å². The number of esters is 1. The van der Waals surface area contributed by atoms with Crippen LogP contribution in [0.3, 0.4) is 0 Å². The molecule has 0 heterocycles. The van der Waals surface area contributed by atoms with Crippen molar-refractivity contribution in [3.05, 3.63) is 24.3 Å². The molecular weight excluding hydrogens is 298 g/mol. The predicted molar refractivity (Wildman–Crippen MR) is 75.9 cm³/mol. The van der Waals surface area contributed by atoms with Crippen LogP contribution in [0.2, 0.25) is 0 Å². The molecule has 4 N–H and O–H groups in total. The van der Waals surface area contributed by atoms with Crippen LogP contribution in [-0.4, -0.2) is 40.0 Å². The number of carbonyl (C=O) groups is 2. The number of rotatable bonds is 6. The molecule has 0 fully saturated rings. The van der Waals surface area contributed by atoms with Crippen LogP contribution in [0.1, 0.15) is 6.92 Å². The Labute approximate surface area is 122 Å². The Morgan fingerprint density at radius 2 is 2.05 bits per heavy atom. The Kier molecular flexibility index (Phi) is 5.82. The summed E-state index contributed by atoms with van der Waals surface area (Å²) in [6.07, 6.45) is 0. The third kappa shape index (κ3) is 5.14. The first-order chi connectivity index (χ1) is 9.76. The standard InChI is InChI=1S/C12H17N3O5S/c1-8(13)12(17)15-9-4-3-5-10(6-9)21(18,19)14-7-11(16)20-2/h3-6,8,14H,7,13H2,1-2H3,(H,15,17)/t8-/m0/s1. The van der Waals surface area contributed by atoms with Crippen LogP contribution in [0, 0.1) is 0 Å². The molecule has 1 aromatic carbocycles. The van der Waals surface area contributed by atoms with Gasteiger partial charge < -0.3 is 15.8 Å². The van der Waals surface area contributed by atoms with Gasteiger partial charge in [0.05, 0.1) is 18.0 Å². The number of amides is 1. The van der Waals surface area contributed by atoms with Crippen LogP contribution >= 0.6 is 0 Å². The van der Waals surface area contributed by atoms with Gasteiger partial charge in [-0.2, -0.15) is 4.72 Å². The van der Waals surface area contributed by atoms with Gasteiger partial charge in [-0.25, -0.2) is 8.42 Å². The van der Waals surface area contributed by atoms with E-state index in [2.05, 4.69) is 14.8 Å². The SMILES string of the molecule is COC(=O)CNS(=O)(=O)c1cccc(NC(=O)[C@H](C)N)c1. The second-order valence-electron chi connectivity index (χ2n) is 4.21. The van der Waals surface area contributed by atoms with Crippen molar-refractivity contribution in [3.63, 3.8) is 0 Å². The number of nitrogens with one attached hydrogen (secondary N) is 2. The summed E-state index contributed by atoms with van der Waals surface area (Å²) >= 11 is 0. The fourth-order valence-corrected chi connectivity index (χ4v) is 2.32. The minimum Gasteiger partial charge on any atom is -0.468 e. The Hall–Kier alpha value is -1.97. The highest BCUT2D eigenvalue weighted by Crippen LogP contribution is 2.15. The van der Waals surface area contributed by atoms with Crippen molar-refractivity contribution < 1.29 is 22.7 Å². The zero-order valence-electron chi connectivity index (χ0n) is 11.6. The van der Waals surface area contributed by atoms with E-state index in [1.54, 1.807) is 0 Å². The molecule has 21 heavy (non-hydrogen) atoms. The third-order valence-corrected chi connectivity index (χ3v) is 3.86. The monoisotopic (exact) mass is 315 g/mol. The highest BCUT2D eigenvalue weighted by atomic mass is 32.2. The minimum atomic E-state index is -3.88. The summed E-state index contributed by atoms with van der Waals surface area (Å²) in [6.45, 7) is 1.03. The van der Waals surface area contributed by atoms with Gasteiger partial charge in [0.15, 0.2) is 0 Å². The maximum absolute atomic E-state index is 12.0. The lowest BCUT2D eigenvalue weighted by Gasteiger charge is -2.10. The van der Waals surface area contributed by atoms with Gasteiger partial charge in [0.1, 0.15) is 6.54 Å². The number of methoxy groups -OCH3 is 1. The van der Waals surface area contributed by atoms with Gasteiger partial charge in [-0.3, -0.25) is 9.59 Å². The van der Waals surface area contributed by atoms with E-state index in [0.717, 1.165) is 7.11 Å². The fraction of sp³-hybridized carbons (Fsp3) is 0.333. The molecule has 0 unspecified atom stereocenters. The average Bonchev–Trinajstić information content (AvgIpc) is 2.45. The second-order valence-corrected chi connectivity index (χ2v) is 5.97. The van der Waals surface area contributed by atoms with Gasteiger partial charge in [-0.05, 0) is 25.1 Å². The molecule has 0 bridgehead atoms. The number of ether oxygens (including phenoxy) is 1. The first kappa shape index (κ1) is 17.1. The predicted octanol–water partition coefficient (Wildman–Crippen LogP) is -0.576. The lowest BCUT2D eigenvalue weighted by Crippen LogP contribution is -2.32. The van der Waals surface area contributed by atoms with Gasteiger partial charge in [-0.1, -0.05) is 6.07 Å². The maximum Gasteiger partial charge on any atom is 0.320 e. The van der Waals surface area contributed by atoms with E-state index in [1.165, 1.54) is 31.2 Å². The molecule has 0 radical (unpaired) electrons. The fourth-order valence-electron chi connectivity index (χ4n) is 1.31. The number of sulfonamides is 1. The Bertz CT molecular complexity index is 628. The van der Waals surface area contributed by atoms with Gasteiger partial charge in [0.25, 0.3) is 0 Å². The van der Waals surface area contributed by atoms with Crippen molar-refractivity contribution >= 4 is 27.6 Å². The first-order valence-electron chi connectivity index (χ1n) is 5.99. The number of hydrogen-bond acceptors (Lipinski definition) is 6. The van der Waals surface area contributed by atoms with Crippen LogP contribution in [0.15, 0.2) is 29.2 Å². The van der Waals surface area contributed by atoms with Gasteiger partial charge >= 0.3 is 5.97 Å². The average molecular weight is 315 g/mol. The molecular formula is C12H17N3O5S. The van der Waals surface area contributed by atoms with Crippen molar-refractivity contribution in [2.24, 2.45) is 5.73 Å². The summed E-state index contributed by atoms with van der Waals surface area (Å²) in [5.74, 6) is -1.15. The highest BCUT2D eigenvalue weighted by Gasteiger charge is 2.17. The van der Waals surface area contributed by atoms with Crippen LogP contribution in [0.25, 0.3) is 0 Å². The van der Waals surface area contributed by atoms with E-state index in [0.29, 0.717) is 5.69 Å². The van der Waals surface area contributed by atoms with E-state index in [-0.39, 0.29) is 4.90 Å². The molecule has 8 nitrogen and oxygen atoms in total. The minimum absolute atomic E-state index is 0.0890. The topological polar surface area (TPSA) is 128 Å². The second kappa shape index (κ2) is 7.16. The number of benzene rings is 1. The molecule has 116 valence electrons. The van der Waals surface area contributed by atoms with E-state index >= 15 is 0 Å². The smallest absolute Gasteiger partial charge is 0.320 e. The lowest BCUT2D eigenvalue weighted by molar-refractivity contribution is -0.139. The molecule has 0 saturated heterocycles. The van der Waals surface area contributed by atoms with Crippen LogP contribution < -0.4 is 15.8 Å². The molecule has 1 aromatic rings. The van der Waals surface area contributed by atoms with Crippen molar-refractivity contribution in [3.8, 4) is 0 Å². The third-order valence-electron chi connectivity index (χ3n) is 2.46. The molecule has 0 aliphatic rings. The van der Waals surface area contributed by atoms with E-state index < -0.39 is 34.5 Å². The number of nitrogens with two attached hydrogens (primary N) is 1. The molecule has 1 rings (SSSR count). The molecule has 0 aliphatic heterocycles. The van der Waals surface area contributed by atoms with Crippen molar-refractivity contribution in [1.29, 1.82) is 0 Å². The Morgan fingerprint density at radius 3 is 2.62 bits per heavy atom. The van der Waals surface area contributed by atoms with E-state index in [1.807, 2.05) is 0 Å². The molecule has 9 heteroatoms. The zero-order chi connectivity index (χ0) is 16.0. The number of anilines is 1. The molecule has 0 spiro atoms. The van der Waals surface area contributed by atoms with Crippen molar-refractivity contribution in [2.75, 3.05) is 19.0 Å². The van der Waals surface area contributed by atoms with Crippen molar-refractivity contribution in [2.45, 2.75) is 17.9 Å². The van der Waals surface area contributed by atoms with Crippen molar-refractivity contribution in [1.82, 2.24) is 4.72 Å². The lowest BCUT2D eigenvalue weighted by atomic mass is 10.3. The molecule has 0 aliphatic carbocycles. The normalized spacial score (nSPS) is 12.5. The zero-order valence-corrected chi connectivity index (χ0v) is 12.4. The van der Waals surface area contributed by atoms with Gasteiger partial charge in [0, 0.05) is 5.69 Å². The summed E-state index contributed by atoms with van der Waals surface area (Å²) in [5.41, 5.74) is 5.70. The Morgan fingerprint density at radius 1 is 1.38 bits per heavy atom.